The maximum atomic E-state index is 11.0. The standard InChI is InChI=1S/C32H41NO4S/c1-21(2)33-17-7-8-18-36-27-12-10-23(28-13-14-29(38-28)37-30(34)35)19-24(27)22-9-11-25-26(20-22)32(5,6)16-15-31(25,3)4/h9-14,19-21,33H,7-8,15-18H2,1-6H3,(H,34,35). The van der Waals surface area contributed by atoms with E-state index in [4.69, 9.17) is 14.6 Å². The Morgan fingerprint density at radius 3 is 2.37 bits per heavy atom. The molecule has 0 atom stereocenters. The van der Waals surface area contributed by atoms with Gasteiger partial charge < -0.3 is 19.9 Å². The van der Waals surface area contributed by atoms with E-state index in [9.17, 15) is 4.79 Å². The molecule has 1 aromatic heterocycles. The first-order chi connectivity index (χ1) is 18.0. The second-order valence-corrected chi connectivity index (χ2v) is 12.9. The number of unbranched alkanes of at least 4 members (excludes halogenated alkanes) is 1. The molecule has 0 fully saturated rings. The van der Waals surface area contributed by atoms with Crippen LogP contribution in [0, 0.1) is 0 Å². The van der Waals surface area contributed by atoms with Gasteiger partial charge >= 0.3 is 6.16 Å². The van der Waals surface area contributed by atoms with Crippen molar-refractivity contribution in [1.82, 2.24) is 5.32 Å². The Balaban J connectivity index is 1.68. The molecular weight excluding hydrogens is 494 g/mol. The Morgan fingerprint density at radius 2 is 1.66 bits per heavy atom. The lowest BCUT2D eigenvalue weighted by Crippen LogP contribution is -2.33. The Morgan fingerprint density at radius 1 is 0.947 bits per heavy atom. The Labute approximate surface area is 231 Å². The average molecular weight is 536 g/mol. The third kappa shape index (κ3) is 6.59. The average Bonchev–Trinajstić information content (AvgIpc) is 3.31. The summed E-state index contributed by atoms with van der Waals surface area (Å²) in [7, 11) is 0. The number of rotatable bonds is 10. The van der Waals surface area contributed by atoms with Crippen LogP contribution in [0.15, 0.2) is 48.5 Å². The third-order valence-electron chi connectivity index (χ3n) is 7.58. The normalized spacial score (nSPS) is 15.8. The summed E-state index contributed by atoms with van der Waals surface area (Å²) < 4.78 is 11.2. The van der Waals surface area contributed by atoms with Crippen molar-refractivity contribution in [3.63, 3.8) is 0 Å². The number of carbonyl (C=O) groups is 1. The van der Waals surface area contributed by atoms with Gasteiger partial charge in [-0.3, -0.25) is 0 Å². The van der Waals surface area contributed by atoms with Gasteiger partial charge in [-0.2, -0.15) is 0 Å². The minimum atomic E-state index is -1.30. The van der Waals surface area contributed by atoms with E-state index < -0.39 is 6.16 Å². The Kier molecular flexibility index (Phi) is 8.53. The summed E-state index contributed by atoms with van der Waals surface area (Å²) in [5.74, 6) is 0.872. The van der Waals surface area contributed by atoms with Gasteiger partial charge in [-0.25, -0.2) is 4.79 Å². The van der Waals surface area contributed by atoms with Crippen LogP contribution in [0.2, 0.25) is 0 Å². The van der Waals surface area contributed by atoms with E-state index in [0.717, 1.165) is 53.1 Å². The molecule has 1 heterocycles. The zero-order valence-corrected chi connectivity index (χ0v) is 24.3. The van der Waals surface area contributed by atoms with Gasteiger partial charge in [0, 0.05) is 16.5 Å². The molecule has 0 unspecified atom stereocenters. The molecule has 2 aromatic carbocycles. The molecular formula is C32H41NO4S. The Hall–Kier alpha value is -2.83. The predicted octanol–water partition coefficient (Wildman–Crippen LogP) is 8.64. The van der Waals surface area contributed by atoms with Gasteiger partial charge in [-0.15, -0.1) is 0 Å². The van der Waals surface area contributed by atoms with E-state index in [0.29, 0.717) is 17.7 Å². The van der Waals surface area contributed by atoms with Gasteiger partial charge in [-0.1, -0.05) is 71.1 Å². The smallest absolute Gasteiger partial charge is 0.493 e. The van der Waals surface area contributed by atoms with Crippen molar-refractivity contribution in [2.45, 2.75) is 84.1 Å². The van der Waals surface area contributed by atoms with Crippen molar-refractivity contribution >= 4 is 17.5 Å². The van der Waals surface area contributed by atoms with Crippen LogP contribution in [0.25, 0.3) is 21.6 Å². The molecule has 204 valence electrons. The number of hydrogen-bond acceptors (Lipinski definition) is 5. The van der Waals surface area contributed by atoms with Gasteiger partial charge in [0.25, 0.3) is 0 Å². The van der Waals surface area contributed by atoms with Crippen LogP contribution in [0.3, 0.4) is 0 Å². The number of carboxylic acid groups (broad SMARTS) is 1. The summed E-state index contributed by atoms with van der Waals surface area (Å²) in [6, 6.07) is 17.3. The number of ether oxygens (including phenoxy) is 2. The van der Waals surface area contributed by atoms with Crippen LogP contribution < -0.4 is 14.8 Å². The fourth-order valence-electron chi connectivity index (χ4n) is 5.21. The number of nitrogens with one attached hydrogen (secondary N) is 1. The summed E-state index contributed by atoms with van der Waals surface area (Å²) in [4.78, 5) is 11.9. The molecule has 0 aliphatic heterocycles. The molecule has 4 rings (SSSR count). The van der Waals surface area contributed by atoms with E-state index >= 15 is 0 Å². The quantitative estimate of drug-likeness (QED) is 0.201. The molecule has 1 aliphatic rings. The highest BCUT2D eigenvalue weighted by Crippen LogP contribution is 2.48. The van der Waals surface area contributed by atoms with E-state index in [1.807, 2.05) is 18.2 Å². The lowest BCUT2D eigenvalue weighted by atomic mass is 9.63. The summed E-state index contributed by atoms with van der Waals surface area (Å²) in [5, 5.41) is 12.8. The molecule has 38 heavy (non-hydrogen) atoms. The fourth-order valence-corrected chi connectivity index (χ4v) is 6.05. The zero-order valence-electron chi connectivity index (χ0n) is 23.5. The molecule has 0 spiro atoms. The monoisotopic (exact) mass is 535 g/mol. The van der Waals surface area contributed by atoms with Crippen molar-refractivity contribution < 1.29 is 19.4 Å². The predicted molar refractivity (Wildman–Crippen MR) is 157 cm³/mol. The van der Waals surface area contributed by atoms with Crippen molar-refractivity contribution in [2.24, 2.45) is 0 Å². The molecule has 0 bridgehead atoms. The van der Waals surface area contributed by atoms with Gasteiger partial charge in [0.15, 0.2) is 5.06 Å². The topological polar surface area (TPSA) is 67.8 Å². The number of hydrogen-bond donors (Lipinski definition) is 2. The van der Waals surface area contributed by atoms with E-state index in [1.54, 1.807) is 6.07 Å². The van der Waals surface area contributed by atoms with Crippen LogP contribution in [-0.4, -0.2) is 30.5 Å². The second-order valence-electron chi connectivity index (χ2n) is 11.9. The lowest BCUT2D eigenvalue weighted by molar-refractivity contribution is 0.146. The molecule has 0 radical (unpaired) electrons. The summed E-state index contributed by atoms with van der Waals surface area (Å²) >= 11 is 1.32. The van der Waals surface area contributed by atoms with E-state index in [-0.39, 0.29) is 10.8 Å². The molecule has 2 N–H and O–H groups in total. The fraction of sp³-hybridized carbons (Fsp3) is 0.469. The van der Waals surface area contributed by atoms with Crippen LogP contribution in [-0.2, 0) is 10.8 Å². The molecule has 0 amide bonds. The molecule has 1 aliphatic carbocycles. The lowest BCUT2D eigenvalue weighted by Gasteiger charge is -2.42. The molecule has 0 saturated carbocycles. The van der Waals surface area contributed by atoms with E-state index in [1.165, 1.54) is 28.9 Å². The number of benzene rings is 2. The second kappa shape index (κ2) is 11.5. The minimum absolute atomic E-state index is 0.111. The number of thiophene rings is 1. The summed E-state index contributed by atoms with van der Waals surface area (Å²) in [5.41, 5.74) is 6.32. The van der Waals surface area contributed by atoms with Crippen molar-refractivity contribution in [1.29, 1.82) is 0 Å². The van der Waals surface area contributed by atoms with Crippen LogP contribution in [0.5, 0.6) is 10.8 Å². The zero-order chi connectivity index (χ0) is 27.5. The number of fused-ring (bicyclic) bond motifs is 1. The van der Waals surface area contributed by atoms with Crippen molar-refractivity contribution in [2.75, 3.05) is 13.2 Å². The van der Waals surface area contributed by atoms with Gasteiger partial charge in [0.2, 0.25) is 0 Å². The first-order valence-corrected chi connectivity index (χ1v) is 14.4. The highest BCUT2D eigenvalue weighted by molar-refractivity contribution is 7.17. The summed E-state index contributed by atoms with van der Waals surface area (Å²) in [6.45, 7) is 15.4. The molecule has 0 saturated heterocycles. The highest BCUT2D eigenvalue weighted by atomic mass is 32.1. The third-order valence-corrected chi connectivity index (χ3v) is 8.59. The largest absolute Gasteiger partial charge is 0.512 e. The molecule has 5 nitrogen and oxygen atoms in total. The maximum Gasteiger partial charge on any atom is 0.512 e. The molecule has 6 heteroatoms. The SMILES string of the molecule is CC(C)NCCCCOc1ccc(-c2ccc(OC(=O)O)s2)cc1-c1ccc2c(c1)C(C)(C)CCC2(C)C. The van der Waals surface area contributed by atoms with Crippen molar-refractivity contribution in [3.8, 4) is 32.4 Å². The van der Waals surface area contributed by atoms with Gasteiger partial charge in [0.1, 0.15) is 5.75 Å². The van der Waals surface area contributed by atoms with Crippen LogP contribution >= 0.6 is 11.3 Å². The first kappa shape index (κ1) is 28.2. The maximum absolute atomic E-state index is 11.0. The van der Waals surface area contributed by atoms with Gasteiger partial charge in [0.05, 0.1) is 6.61 Å². The minimum Gasteiger partial charge on any atom is -0.493 e. The van der Waals surface area contributed by atoms with Crippen molar-refractivity contribution in [3.05, 3.63) is 59.7 Å². The first-order valence-electron chi connectivity index (χ1n) is 13.6. The summed E-state index contributed by atoms with van der Waals surface area (Å²) in [6.07, 6.45) is 3.08. The molecule has 3 aromatic rings. The van der Waals surface area contributed by atoms with Crippen LogP contribution in [0.1, 0.15) is 78.4 Å². The highest BCUT2D eigenvalue weighted by Gasteiger charge is 2.37. The van der Waals surface area contributed by atoms with Crippen LogP contribution in [0.4, 0.5) is 4.79 Å². The van der Waals surface area contributed by atoms with Gasteiger partial charge in [-0.05, 0) is 95.6 Å². The Bertz CT molecular complexity index is 1270. The van der Waals surface area contributed by atoms with E-state index in [2.05, 4.69) is 71.1 Å².